The van der Waals surface area contributed by atoms with Crippen molar-refractivity contribution in [2.75, 3.05) is 39.6 Å². The second-order valence-corrected chi connectivity index (χ2v) is 31.6. The van der Waals surface area contributed by atoms with E-state index in [-0.39, 0.29) is 25.7 Å². The van der Waals surface area contributed by atoms with E-state index < -0.39 is 97.5 Å². The molecule has 0 amide bonds. The quantitative estimate of drug-likeness (QED) is 0.0222. The van der Waals surface area contributed by atoms with Crippen molar-refractivity contribution in [1.29, 1.82) is 0 Å². The third-order valence-electron chi connectivity index (χ3n) is 17.7. The predicted octanol–water partition coefficient (Wildman–Crippen LogP) is 21.7. The molecule has 19 heteroatoms. The maximum Gasteiger partial charge on any atom is 0.472 e. The van der Waals surface area contributed by atoms with Gasteiger partial charge in [0, 0.05) is 25.7 Å². The van der Waals surface area contributed by atoms with Crippen LogP contribution in [-0.2, 0) is 65.4 Å². The van der Waals surface area contributed by atoms with Crippen molar-refractivity contribution in [1.82, 2.24) is 0 Å². The van der Waals surface area contributed by atoms with Gasteiger partial charge in [-0.3, -0.25) is 37.3 Å². The molecule has 0 aliphatic heterocycles. The first-order valence-electron chi connectivity index (χ1n) is 38.7. The number of hydrogen-bond donors (Lipinski definition) is 3. The molecule has 0 aliphatic rings. The maximum absolute atomic E-state index is 13.1. The molecular weight excluding hydrogens is 1230 g/mol. The highest BCUT2D eigenvalue weighted by Crippen LogP contribution is 2.45. The minimum Gasteiger partial charge on any atom is -0.462 e. The number of unbranched alkanes of at least 4 members (excludes halogenated alkanes) is 37. The van der Waals surface area contributed by atoms with Gasteiger partial charge in [-0.25, -0.2) is 9.13 Å². The Morgan fingerprint density at radius 1 is 0.298 bits per heavy atom. The molecule has 0 heterocycles. The van der Waals surface area contributed by atoms with Gasteiger partial charge < -0.3 is 33.8 Å². The Bertz CT molecular complexity index is 1850. The monoisotopic (exact) mass is 1380 g/mol. The second kappa shape index (κ2) is 64.4. The average Bonchev–Trinajstić information content (AvgIpc) is 1.56. The summed E-state index contributed by atoms with van der Waals surface area (Å²) in [6, 6.07) is 0. The van der Waals surface area contributed by atoms with E-state index in [0.717, 1.165) is 114 Å². The number of esters is 4. The summed E-state index contributed by atoms with van der Waals surface area (Å²) in [5.41, 5.74) is 0. The molecule has 0 spiro atoms. The Morgan fingerprint density at radius 2 is 0.511 bits per heavy atom. The molecule has 0 radical (unpaired) electrons. The fourth-order valence-corrected chi connectivity index (χ4v) is 12.9. The van der Waals surface area contributed by atoms with E-state index in [9.17, 15) is 43.2 Å². The molecule has 4 unspecified atom stereocenters. The SMILES string of the molecule is CCC(C)CCCCCCCCCCCCC(=O)OC[C@H](COP(=O)(O)OCC(O)COP(=O)(O)OC[C@@H](COC(=O)CCCCCCCCCC(C)C)OC(=O)CCCCCCCCCCCCCCCCCC(C)C)OC(=O)CCCCCCCCCCCC(C)C. The summed E-state index contributed by atoms with van der Waals surface area (Å²) in [5.74, 6) is 0.930. The van der Waals surface area contributed by atoms with Crippen LogP contribution < -0.4 is 0 Å². The Balaban J connectivity index is 5.23. The van der Waals surface area contributed by atoms with Crippen molar-refractivity contribution >= 4 is 39.5 Å². The zero-order valence-corrected chi connectivity index (χ0v) is 63.4. The molecule has 3 N–H and O–H groups in total. The van der Waals surface area contributed by atoms with Gasteiger partial charge in [0.25, 0.3) is 0 Å². The van der Waals surface area contributed by atoms with Crippen LogP contribution in [0.25, 0.3) is 0 Å². The number of phosphoric acid groups is 2. The first-order chi connectivity index (χ1) is 45.1. The Hall–Kier alpha value is -1.94. The Labute approximate surface area is 575 Å². The molecular formula is C75H146O17P2. The van der Waals surface area contributed by atoms with Crippen LogP contribution in [0.2, 0.25) is 0 Å². The molecule has 17 nitrogen and oxygen atoms in total. The zero-order valence-electron chi connectivity index (χ0n) is 61.6. The van der Waals surface area contributed by atoms with Gasteiger partial charge in [0.05, 0.1) is 26.4 Å². The summed E-state index contributed by atoms with van der Waals surface area (Å²) in [6.07, 6.45) is 48.6. The van der Waals surface area contributed by atoms with E-state index in [1.54, 1.807) is 0 Å². The summed E-state index contributed by atoms with van der Waals surface area (Å²) in [7, 11) is -9.91. The van der Waals surface area contributed by atoms with Gasteiger partial charge in [-0.05, 0) is 49.4 Å². The molecule has 0 aromatic heterocycles. The van der Waals surface area contributed by atoms with E-state index in [1.165, 1.54) is 173 Å². The van der Waals surface area contributed by atoms with Gasteiger partial charge in [0.2, 0.25) is 0 Å². The molecule has 6 atom stereocenters. The smallest absolute Gasteiger partial charge is 0.462 e. The summed E-state index contributed by atoms with van der Waals surface area (Å²) in [4.78, 5) is 72.8. The van der Waals surface area contributed by atoms with E-state index >= 15 is 0 Å². The third-order valence-corrected chi connectivity index (χ3v) is 19.6. The lowest BCUT2D eigenvalue weighted by Crippen LogP contribution is -2.30. The molecule has 0 aliphatic carbocycles. The van der Waals surface area contributed by atoms with Gasteiger partial charge in [-0.1, -0.05) is 325 Å². The van der Waals surface area contributed by atoms with Gasteiger partial charge in [-0.2, -0.15) is 0 Å². The molecule has 0 fully saturated rings. The average molecular weight is 1380 g/mol. The highest BCUT2D eigenvalue weighted by molar-refractivity contribution is 7.47. The fraction of sp³-hybridized carbons (Fsp3) is 0.947. The minimum absolute atomic E-state index is 0.105. The van der Waals surface area contributed by atoms with Gasteiger partial charge in [0.15, 0.2) is 12.2 Å². The molecule has 558 valence electrons. The van der Waals surface area contributed by atoms with Crippen LogP contribution in [0.1, 0.15) is 376 Å². The number of carbonyl (C=O) groups is 4. The lowest BCUT2D eigenvalue weighted by Gasteiger charge is -2.21. The molecule has 0 saturated carbocycles. The lowest BCUT2D eigenvalue weighted by molar-refractivity contribution is -0.161. The van der Waals surface area contributed by atoms with Gasteiger partial charge >= 0.3 is 39.5 Å². The number of phosphoric ester groups is 2. The van der Waals surface area contributed by atoms with E-state index in [4.69, 9.17) is 37.0 Å². The third kappa shape index (κ3) is 67.3. The Morgan fingerprint density at radius 3 is 0.755 bits per heavy atom. The van der Waals surface area contributed by atoms with E-state index in [0.29, 0.717) is 31.6 Å². The predicted molar refractivity (Wildman–Crippen MR) is 381 cm³/mol. The van der Waals surface area contributed by atoms with Crippen molar-refractivity contribution < 1.29 is 80.2 Å². The number of ether oxygens (including phenoxy) is 4. The summed E-state index contributed by atoms with van der Waals surface area (Å²) in [5, 5.41) is 10.6. The summed E-state index contributed by atoms with van der Waals surface area (Å²) in [6.45, 7) is 14.2. The summed E-state index contributed by atoms with van der Waals surface area (Å²) < 4.78 is 68.5. The molecule has 0 aromatic rings. The number of rotatable bonds is 72. The maximum atomic E-state index is 13.1. The van der Waals surface area contributed by atoms with Crippen LogP contribution in [0, 0.1) is 23.7 Å². The fourth-order valence-electron chi connectivity index (χ4n) is 11.3. The van der Waals surface area contributed by atoms with Crippen LogP contribution in [-0.4, -0.2) is 96.7 Å². The number of carbonyl (C=O) groups excluding carboxylic acids is 4. The van der Waals surface area contributed by atoms with E-state index in [2.05, 4.69) is 55.4 Å². The van der Waals surface area contributed by atoms with Gasteiger partial charge in [-0.15, -0.1) is 0 Å². The Kier molecular flexibility index (Phi) is 63.1. The normalized spacial score (nSPS) is 14.4. The first-order valence-corrected chi connectivity index (χ1v) is 41.7. The van der Waals surface area contributed by atoms with Gasteiger partial charge in [0.1, 0.15) is 19.3 Å². The summed E-state index contributed by atoms with van der Waals surface area (Å²) >= 11 is 0. The van der Waals surface area contributed by atoms with Crippen LogP contribution in [0.15, 0.2) is 0 Å². The number of hydrogen-bond acceptors (Lipinski definition) is 15. The zero-order chi connectivity index (χ0) is 69.6. The molecule has 0 saturated heterocycles. The molecule has 0 rings (SSSR count). The van der Waals surface area contributed by atoms with Crippen LogP contribution in [0.4, 0.5) is 0 Å². The largest absolute Gasteiger partial charge is 0.472 e. The highest BCUT2D eigenvalue weighted by Gasteiger charge is 2.30. The van der Waals surface area contributed by atoms with Crippen molar-refractivity contribution in [3.8, 4) is 0 Å². The first kappa shape index (κ1) is 92.1. The number of aliphatic hydroxyl groups excluding tert-OH is 1. The number of aliphatic hydroxyl groups is 1. The second-order valence-electron chi connectivity index (χ2n) is 28.7. The molecule has 0 bridgehead atoms. The van der Waals surface area contributed by atoms with Crippen molar-refractivity contribution in [3.05, 3.63) is 0 Å². The minimum atomic E-state index is -4.96. The van der Waals surface area contributed by atoms with Crippen molar-refractivity contribution in [2.24, 2.45) is 23.7 Å². The van der Waals surface area contributed by atoms with Crippen LogP contribution in [0.3, 0.4) is 0 Å². The molecule has 0 aromatic carbocycles. The lowest BCUT2D eigenvalue weighted by atomic mass is 9.99. The van der Waals surface area contributed by atoms with Crippen molar-refractivity contribution in [2.45, 2.75) is 395 Å². The van der Waals surface area contributed by atoms with E-state index in [1.807, 2.05) is 0 Å². The highest BCUT2D eigenvalue weighted by atomic mass is 31.2. The standard InChI is InChI=1S/C75H146O17P2/c1-9-68(8)54-46-38-30-22-17-18-23-31-39-47-55-72(77)85-61-70(92-75(80)58-50-42-33-25-19-21-28-36-44-52-66(4)5)63-89-93(81,82)87-59-69(76)60-88-94(83,84)90-64-71(62-86-73(78)56-48-40-34-26-29-37-45-53-67(6)7)91-74(79)57-49-41-32-24-16-14-12-10-11-13-15-20-27-35-43-51-65(2)3/h65-71,76H,9-64H2,1-8H3,(H,81,82)(H,83,84)/t68?,69?,70-,71-/m1/s1. The van der Waals surface area contributed by atoms with Crippen LogP contribution in [0.5, 0.6) is 0 Å². The topological polar surface area (TPSA) is 237 Å². The van der Waals surface area contributed by atoms with Crippen LogP contribution >= 0.6 is 15.6 Å². The van der Waals surface area contributed by atoms with Crippen molar-refractivity contribution in [3.63, 3.8) is 0 Å². The molecule has 94 heavy (non-hydrogen) atoms.